The normalized spacial score (nSPS) is 11.9. The maximum Gasteiger partial charge on any atom is 0.412 e. The first-order valence-corrected chi connectivity index (χ1v) is 7.95. The fraction of sp³-hybridized carbons (Fsp3) is 0.462. The number of benzene rings is 1. The van der Waals surface area contributed by atoms with E-state index < -0.39 is 28.6 Å². The highest BCUT2D eigenvalue weighted by Crippen LogP contribution is 2.36. The van der Waals surface area contributed by atoms with E-state index in [1.807, 2.05) is 0 Å². The van der Waals surface area contributed by atoms with Crippen LogP contribution in [0.5, 0.6) is 11.5 Å². The van der Waals surface area contributed by atoms with Gasteiger partial charge < -0.3 is 14.6 Å². The van der Waals surface area contributed by atoms with Gasteiger partial charge in [0.1, 0.15) is 5.60 Å². The standard InChI is InChI=1S/C13H20N2O7S/c1-13(2,3)22-12(17)15-9-5-8(7-21-23(14,18)19)6-10(20-4)11(9)16/h5-6,16H,7H2,1-4H3,(H,15,17)(H2,14,18,19). The number of anilines is 1. The van der Waals surface area contributed by atoms with Crippen molar-refractivity contribution in [2.45, 2.75) is 33.0 Å². The molecule has 9 nitrogen and oxygen atoms in total. The van der Waals surface area contributed by atoms with Crippen LogP contribution in [0.3, 0.4) is 0 Å². The van der Waals surface area contributed by atoms with Gasteiger partial charge in [0.15, 0.2) is 11.5 Å². The number of ether oxygens (including phenoxy) is 2. The monoisotopic (exact) mass is 348 g/mol. The summed E-state index contributed by atoms with van der Waals surface area (Å²) in [6.45, 7) is 4.66. The second-order valence-corrected chi connectivity index (χ2v) is 6.80. The van der Waals surface area contributed by atoms with Crippen LogP contribution in [0.15, 0.2) is 12.1 Å². The number of aromatic hydroxyl groups is 1. The topological polar surface area (TPSA) is 137 Å². The Morgan fingerprint density at radius 1 is 1.35 bits per heavy atom. The molecule has 1 aromatic rings. The third kappa shape index (κ3) is 6.72. The summed E-state index contributed by atoms with van der Waals surface area (Å²) in [5.41, 5.74) is -0.440. The number of hydrogen-bond acceptors (Lipinski definition) is 7. The van der Waals surface area contributed by atoms with Crippen LogP contribution < -0.4 is 15.2 Å². The molecule has 23 heavy (non-hydrogen) atoms. The molecule has 1 amide bonds. The lowest BCUT2D eigenvalue weighted by Gasteiger charge is -2.20. The SMILES string of the molecule is COc1cc(COS(N)(=O)=O)cc(NC(=O)OC(C)(C)C)c1O. The zero-order valence-electron chi connectivity index (χ0n) is 13.2. The summed E-state index contributed by atoms with van der Waals surface area (Å²) < 4.78 is 36.2. The van der Waals surface area contributed by atoms with E-state index in [1.54, 1.807) is 20.8 Å². The molecule has 0 aliphatic rings. The summed E-state index contributed by atoms with van der Waals surface area (Å²) >= 11 is 0. The van der Waals surface area contributed by atoms with E-state index in [0.717, 1.165) is 0 Å². The molecule has 0 radical (unpaired) electrons. The van der Waals surface area contributed by atoms with Gasteiger partial charge in [0.05, 0.1) is 19.4 Å². The molecule has 0 fully saturated rings. The predicted octanol–water partition coefficient (Wildman–Crippen LogP) is 1.47. The van der Waals surface area contributed by atoms with Gasteiger partial charge in [-0.3, -0.25) is 9.50 Å². The number of nitrogens with one attached hydrogen (secondary N) is 1. The van der Waals surface area contributed by atoms with Crippen LogP contribution in [0.25, 0.3) is 0 Å². The summed E-state index contributed by atoms with van der Waals surface area (Å²) in [6.07, 6.45) is -0.792. The van der Waals surface area contributed by atoms with E-state index in [-0.39, 0.29) is 17.2 Å². The zero-order valence-corrected chi connectivity index (χ0v) is 14.1. The molecule has 0 heterocycles. The van der Waals surface area contributed by atoms with Crippen molar-refractivity contribution in [3.63, 3.8) is 0 Å². The largest absolute Gasteiger partial charge is 0.503 e. The van der Waals surface area contributed by atoms with Crippen LogP contribution in [0.4, 0.5) is 10.5 Å². The maximum absolute atomic E-state index is 11.8. The number of rotatable bonds is 5. The third-order valence-electron chi connectivity index (χ3n) is 2.38. The van der Waals surface area contributed by atoms with Gasteiger partial charge in [0, 0.05) is 0 Å². The molecule has 0 aromatic heterocycles. The average molecular weight is 348 g/mol. The fourth-order valence-electron chi connectivity index (χ4n) is 1.56. The molecule has 0 bridgehead atoms. The Balaban J connectivity index is 3.03. The molecular weight excluding hydrogens is 328 g/mol. The number of phenols is 1. The van der Waals surface area contributed by atoms with Crippen LogP contribution >= 0.6 is 0 Å². The molecule has 0 saturated heterocycles. The second-order valence-electron chi connectivity index (χ2n) is 5.58. The highest BCUT2D eigenvalue weighted by atomic mass is 32.2. The Bertz CT molecular complexity index is 680. The lowest BCUT2D eigenvalue weighted by atomic mass is 10.1. The molecule has 1 rings (SSSR count). The van der Waals surface area contributed by atoms with Crippen molar-refractivity contribution in [1.82, 2.24) is 0 Å². The minimum Gasteiger partial charge on any atom is -0.503 e. The van der Waals surface area contributed by atoms with Crippen molar-refractivity contribution < 1.29 is 32.0 Å². The van der Waals surface area contributed by atoms with Gasteiger partial charge in [-0.2, -0.15) is 8.42 Å². The Hall–Kier alpha value is -2.04. The van der Waals surface area contributed by atoms with E-state index in [0.29, 0.717) is 5.56 Å². The molecule has 0 atom stereocenters. The van der Waals surface area contributed by atoms with Gasteiger partial charge in [-0.15, -0.1) is 0 Å². The molecule has 0 aliphatic carbocycles. The van der Waals surface area contributed by atoms with Crippen molar-refractivity contribution in [2.75, 3.05) is 12.4 Å². The van der Waals surface area contributed by atoms with E-state index in [9.17, 15) is 18.3 Å². The number of phenolic OH excluding ortho intramolecular Hbond substituents is 1. The summed E-state index contributed by atoms with van der Waals surface area (Å²) in [5.74, 6) is -0.315. The fourth-order valence-corrected chi connectivity index (χ4v) is 1.86. The van der Waals surface area contributed by atoms with E-state index in [2.05, 4.69) is 9.50 Å². The molecule has 10 heteroatoms. The van der Waals surface area contributed by atoms with Crippen molar-refractivity contribution >= 4 is 22.1 Å². The lowest BCUT2D eigenvalue weighted by Crippen LogP contribution is -2.27. The van der Waals surface area contributed by atoms with Crippen LogP contribution in [-0.4, -0.2) is 32.3 Å². The van der Waals surface area contributed by atoms with E-state index in [1.165, 1.54) is 19.2 Å². The average Bonchev–Trinajstić information content (AvgIpc) is 2.36. The minimum atomic E-state index is -4.13. The molecule has 4 N–H and O–H groups in total. The van der Waals surface area contributed by atoms with Crippen LogP contribution in [0.1, 0.15) is 26.3 Å². The number of carbonyl (C=O) groups is 1. The smallest absolute Gasteiger partial charge is 0.412 e. The second kappa shape index (κ2) is 7.02. The Labute approximate surface area is 134 Å². The van der Waals surface area contributed by atoms with Gasteiger partial charge in [-0.05, 0) is 38.5 Å². The Morgan fingerprint density at radius 3 is 2.43 bits per heavy atom. The number of nitrogens with two attached hydrogens (primary N) is 1. The van der Waals surface area contributed by atoms with Crippen LogP contribution in [0.2, 0.25) is 0 Å². The molecule has 1 aromatic carbocycles. The highest BCUT2D eigenvalue weighted by molar-refractivity contribution is 7.84. The molecule has 0 unspecified atom stereocenters. The van der Waals surface area contributed by atoms with E-state index in [4.69, 9.17) is 14.6 Å². The number of amides is 1. The van der Waals surface area contributed by atoms with Crippen molar-refractivity contribution in [1.29, 1.82) is 0 Å². The van der Waals surface area contributed by atoms with Gasteiger partial charge >= 0.3 is 16.4 Å². The van der Waals surface area contributed by atoms with E-state index >= 15 is 0 Å². The predicted molar refractivity (Wildman–Crippen MR) is 82.4 cm³/mol. The molecule has 0 saturated carbocycles. The van der Waals surface area contributed by atoms with Gasteiger partial charge in [0.25, 0.3) is 0 Å². The molecular formula is C13H20N2O7S. The van der Waals surface area contributed by atoms with Crippen molar-refractivity contribution in [3.05, 3.63) is 17.7 Å². The minimum absolute atomic E-state index is 0.0200. The summed E-state index contributed by atoms with van der Waals surface area (Å²) in [5, 5.41) is 17.1. The van der Waals surface area contributed by atoms with Crippen LogP contribution in [-0.2, 0) is 25.8 Å². The zero-order chi connectivity index (χ0) is 17.8. The number of hydrogen-bond donors (Lipinski definition) is 3. The Morgan fingerprint density at radius 2 is 1.96 bits per heavy atom. The summed E-state index contributed by atoms with van der Waals surface area (Å²) in [4.78, 5) is 11.8. The lowest BCUT2D eigenvalue weighted by molar-refractivity contribution is 0.0635. The molecule has 130 valence electrons. The van der Waals surface area contributed by atoms with Gasteiger partial charge in [-0.25, -0.2) is 9.93 Å². The maximum atomic E-state index is 11.8. The third-order valence-corrected chi connectivity index (χ3v) is 2.83. The first-order chi connectivity index (χ1) is 10.4. The van der Waals surface area contributed by atoms with Crippen molar-refractivity contribution in [3.8, 4) is 11.5 Å². The molecule has 0 spiro atoms. The quantitative estimate of drug-likeness (QED) is 0.685. The van der Waals surface area contributed by atoms with Crippen LogP contribution in [0, 0.1) is 0 Å². The highest BCUT2D eigenvalue weighted by Gasteiger charge is 2.19. The first-order valence-electron chi connectivity index (χ1n) is 6.48. The summed E-state index contributed by atoms with van der Waals surface area (Å²) in [7, 11) is -2.83. The number of carbonyl (C=O) groups excluding carboxylic acids is 1. The van der Waals surface area contributed by atoms with Gasteiger partial charge in [0.2, 0.25) is 0 Å². The Kier molecular flexibility index (Phi) is 5.81. The van der Waals surface area contributed by atoms with Gasteiger partial charge in [-0.1, -0.05) is 0 Å². The summed E-state index contributed by atoms with van der Waals surface area (Å²) in [6, 6.07) is 2.66. The first kappa shape index (κ1) is 19.0. The van der Waals surface area contributed by atoms with Crippen molar-refractivity contribution in [2.24, 2.45) is 5.14 Å². The molecule has 0 aliphatic heterocycles. The number of methoxy groups -OCH3 is 1.